The van der Waals surface area contributed by atoms with Crippen LogP contribution in [0, 0.1) is 12.7 Å². The molecule has 0 aromatic heterocycles. The largest absolute Gasteiger partial charge is 0.497 e. The Kier molecular flexibility index (Phi) is 4.70. The Morgan fingerprint density at radius 2 is 1.96 bits per heavy atom. The van der Waals surface area contributed by atoms with Crippen LogP contribution in [0.3, 0.4) is 0 Å². The number of benzene rings is 2. The van der Waals surface area contributed by atoms with E-state index in [9.17, 15) is 14.0 Å². The quantitative estimate of drug-likeness (QED) is 0.862. The highest BCUT2D eigenvalue weighted by Crippen LogP contribution is 2.23. The van der Waals surface area contributed by atoms with Crippen molar-refractivity contribution < 1.29 is 18.7 Å². The monoisotopic (exact) mass is 342 g/mol. The molecule has 0 atom stereocenters. The number of methoxy groups -OCH3 is 1. The lowest BCUT2D eigenvalue weighted by Gasteiger charge is -2.34. The lowest BCUT2D eigenvalue weighted by molar-refractivity contribution is -0.120. The number of ether oxygens (including phenoxy) is 1. The molecule has 1 aliphatic heterocycles. The summed E-state index contributed by atoms with van der Waals surface area (Å²) < 4.78 is 18.6. The Hall–Kier alpha value is -2.89. The number of amides is 2. The van der Waals surface area contributed by atoms with Gasteiger partial charge >= 0.3 is 0 Å². The highest BCUT2D eigenvalue weighted by molar-refractivity contribution is 6.01. The number of hydrogen-bond acceptors (Lipinski definition) is 3. The maximum absolute atomic E-state index is 13.4. The second-order valence-electron chi connectivity index (χ2n) is 5.94. The van der Waals surface area contributed by atoms with Gasteiger partial charge in [-0.15, -0.1) is 0 Å². The van der Waals surface area contributed by atoms with Crippen LogP contribution in [0.2, 0.25) is 0 Å². The standard InChI is InChI=1S/C19H19FN2O3/c1-13-10-14(6-7-17(13)20)19(24)21-8-9-22(18(23)12-21)15-4-3-5-16(11-15)25-2/h3-7,10-11H,8-9,12H2,1-2H3. The first-order valence-corrected chi connectivity index (χ1v) is 7.99. The summed E-state index contributed by atoms with van der Waals surface area (Å²) >= 11 is 0. The molecule has 0 spiro atoms. The third kappa shape index (κ3) is 3.47. The number of carbonyl (C=O) groups excluding carboxylic acids is 2. The molecule has 0 N–H and O–H groups in total. The van der Waals surface area contributed by atoms with Gasteiger partial charge in [0.05, 0.1) is 7.11 Å². The van der Waals surface area contributed by atoms with Gasteiger partial charge in [-0.1, -0.05) is 6.07 Å². The number of halogens is 1. The summed E-state index contributed by atoms with van der Waals surface area (Å²) in [5.74, 6) is -0.102. The topological polar surface area (TPSA) is 49.9 Å². The Balaban J connectivity index is 1.73. The van der Waals surface area contributed by atoms with Crippen LogP contribution >= 0.6 is 0 Å². The molecule has 0 aliphatic carbocycles. The molecule has 1 fully saturated rings. The summed E-state index contributed by atoms with van der Waals surface area (Å²) in [7, 11) is 1.57. The van der Waals surface area contributed by atoms with E-state index in [4.69, 9.17) is 4.74 Å². The van der Waals surface area contributed by atoms with Crippen molar-refractivity contribution in [1.82, 2.24) is 4.90 Å². The van der Waals surface area contributed by atoms with Crippen LogP contribution in [-0.2, 0) is 4.79 Å². The van der Waals surface area contributed by atoms with Crippen molar-refractivity contribution in [3.8, 4) is 5.75 Å². The molecule has 5 nitrogen and oxygen atoms in total. The van der Waals surface area contributed by atoms with Gasteiger partial charge in [-0.05, 0) is 42.8 Å². The van der Waals surface area contributed by atoms with E-state index in [-0.39, 0.29) is 24.2 Å². The molecule has 0 bridgehead atoms. The fourth-order valence-corrected chi connectivity index (χ4v) is 2.86. The first-order chi connectivity index (χ1) is 12.0. The van der Waals surface area contributed by atoms with Crippen LogP contribution in [0.15, 0.2) is 42.5 Å². The number of rotatable bonds is 3. The number of hydrogen-bond donors (Lipinski definition) is 0. The van der Waals surface area contributed by atoms with Crippen molar-refractivity contribution in [2.75, 3.05) is 31.6 Å². The zero-order chi connectivity index (χ0) is 18.0. The predicted octanol–water partition coefficient (Wildman–Crippen LogP) is 2.63. The van der Waals surface area contributed by atoms with E-state index in [0.717, 1.165) is 5.69 Å². The van der Waals surface area contributed by atoms with E-state index in [2.05, 4.69) is 0 Å². The molecular weight excluding hydrogens is 323 g/mol. The van der Waals surface area contributed by atoms with Gasteiger partial charge in [-0.3, -0.25) is 9.59 Å². The van der Waals surface area contributed by atoms with Gasteiger partial charge in [-0.25, -0.2) is 4.39 Å². The number of nitrogens with zero attached hydrogens (tertiary/aromatic N) is 2. The molecule has 25 heavy (non-hydrogen) atoms. The van der Waals surface area contributed by atoms with Crippen molar-refractivity contribution >= 4 is 17.5 Å². The van der Waals surface area contributed by atoms with Crippen LogP contribution in [0.5, 0.6) is 5.75 Å². The molecule has 0 unspecified atom stereocenters. The van der Waals surface area contributed by atoms with E-state index in [1.54, 1.807) is 25.0 Å². The minimum absolute atomic E-state index is 0.00747. The lowest BCUT2D eigenvalue weighted by atomic mass is 10.1. The summed E-state index contributed by atoms with van der Waals surface area (Å²) in [6.07, 6.45) is 0. The molecule has 2 aromatic carbocycles. The van der Waals surface area contributed by atoms with E-state index in [1.165, 1.54) is 23.1 Å². The summed E-state index contributed by atoms with van der Waals surface area (Å²) in [5.41, 5.74) is 1.54. The highest BCUT2D eigenvalue weighted by Gasteiger charge is 2.28. The van der Waals surface area contributed by atoms with Crippen LogP contribution < -0.4 is 9.64 Å². The van der Waals surface area contributed by atoms with E-state index < -0.39 is 0 Å². The van der Waals surface area contributed by atoms with E-state index in [1.807, 2.05) is 18.2 Å². The van der Waals surface area contributed by atoms with Gasteiger partial charge in [0.1, 0.15) is 18.1 Å². The number of piperazine rings is 1. The fraction of sp³-hybridized carbons (Fsp3) is 0.263. The maximum Gasteiger partial charge on any atom is 0.254 e. The van der Waals surface area contributed by atoms with Gasteiger partial charge < -0.3 is 14.5 Å². The molecule has 1 heterocycles. The molecular formula is C19H19FN2O3. The minimum atomic E-state index is -0.351. The van der Waals surface area contributed by atoms with Gasteiger partial charge in [0.25, 0.3) is 5.91 Å². The normalized spacial score (nSPS) is 14.6. The average Bonchev–Trinajstić information content (AvgIpc) is 2.63. The average molecular weight is 342 g/mol. The molecule has 3 rings (SSSR count). The van der Waals surface area contributed by atoms with Crippen molar-refractivity contribution in [3.63, 3.8) is 0 Å². The maximum atomic E-state index is 13.4. The SMILES string of the molecule is COc1cccc(N2CCN(C(=O)c3ccc(F)c(C)c3)CC2=O)c1. The molecule has 0 saturated carbocycles. The van der Waals surface area contributed by atoms with Crippen molar-refractivity contribution in [2.24, 2.45) is 0 Å². The van der Waals surface area contributed by atoms with Crippen LogP contribution in [0.25, 0.3) is 0 Å². The van der Waals surface area contributed by atoms with E-state index in [0.29, 0.717) is 30.0 Å². The smallest absolute Gasteiger partial charge is 0.254 e. The number of anilines is 1. The lowest BCUT2D eigenvalue weighted by Crippen LogP contribution is -2.52. The van der Waals surface area contributed by atoms with Crippen molar-refractivity contribution in [1.29, 1.82) is 0 Å². The molecule has 2 aromatic rings. The number of carbonyl (C=O) groups is 2. The van der Waals surface area contributed by atoms with E-state index >= 15 is 0 Å². The molecule has 0 radical (unpaired) electrons. The number of aryl methyl sites for hydroxylation is 1. The zero-order valence-corrected chi connectivity index (χ0v) is 14.2. The summed E-state index contributed by atoms with van der Waals surface area (Å²) in [6.45, 7) is 2.42. The first kappa shape index (κ1) is 17.0. The third-order valence-corrected chi connectivity index (χ3v) is 4.28. The Bertz CT molecular complexity index is 822. The van der Waals surface area contributed by atoms with Gasteiger partial charge in [0.2, 0.25) is 5.91 Å². The van der Waals surface area contributed by atoms with Crippen molar-refractivity contribution in [3.05, 3.63) is 59.4 Å². The van der Waals surface area contributed by atoms with Crippen molar-refractivity contribution in [2.45, 2.75) is 6.92 Å². The fourth-order valence-electron chi connectivity index (χ4n) is 2.86. The summed E-state index contributed by atoms with van der Waals surface area (Å²) in [6, 6.07) is 11.5. The molecule has 2 amide bonds. The predicted molar refractivity (Wildman–Crippen MR) is 92.4 cm³/mol. The summed E-state index contributed by atoms with van der Waals surface area (Å²) in [5, 5.41) is 0. The van der Waals surface area contributed by atoms with Crippen LogP contribution in [-0.4, -0.2) is 43.5 Å². The summed E-state index contributed by atoms with van der Waals surface area (Å²) in [4.78, 5) is 28.2. The molecule has 6 heteroatoms. The van der Waals surface area contributed by atoms with Crippen LogP contribution in [0.1, 0.15) is 15.9 Å². The molecule has 1 saturated heterocycles. The van der Waals surface area contributed by atoms with Gasteiger partial charge in [0.15, 0.2) is 0 Å². The third-order valence-electron chi connectivity index (χ3n) is 4.28. The van der Waals surface area contributed by atoms with Gasteiger partial charge in [0, 0.05) is 30.4 Å². The first-order valence-electron chi connectivity index (χ1n) is 7.99. The second-order valence-corrected chi connectivity index (χ2v) is 5.94. The Morgan fingerprint density at radius 3 is 2.64 bits per heavy atom. The second kappa shape index (κ2) is 6.93. The molecule has 130 valence electrons. The Labute approximate surface area is 145 Å². The van der Waals surface area contributed by atoms with Gasteiger partial charge in [-0.2, -0.15) is 0 Å². The highest BCUT2D eigenvalue weighted by atomic mass is 19.1. The Morgan fingerprint density at radius 1 is 1.16 bits per heavy atom. The minimum Gasteiger partial charge on any atom is -0.497 e. The zero-order valence-electron chi connectivity index (χ0n) is 14.2. The van der Waals surface area contributed by atoms with Crippen LogP contribution in [0.4, 0.5) is 10.1 Å². The molecule has 1 aliphatic rings.